The lowest BCUT2D eigenvalue weighted by Crippen LogP contribution is -2.63. The molecule has 0 aliphatic carbocycles. The number of para-hydroxylation sites is 1. The number of benzene rings is 3. The van der Waals surface area contributed by atoms with Crippen LogP contribution in [-0.2, 0) is 14.3 Å². The summed E-state index contributed by atoms with van der Waals surface area (Å²) in [6.07, 6.45) is 0. The molecule has 2 heterocycles. The van der Waals surface area contributed by atoms with Gasteiger partial charge in [0.25, 0.3) is 0 Å². The van der Waals surface area contributed by atoms with E-state index in [1.54, 1.807) is 14.2 Å². The number of fused-ring (bicyclic) bond motifs is 1. The Morgan fingerprint density at radius 3 is 1.97 bits per heavy atom. The van der Waals surface area contributed by atoms with E-state index in [-0.39, 0.29) is 24.2 Å². The maximum atomic E-state index is 13.8. The lowest BCUT2D eigenvalue weighted by atomic mass is 9.90. The lowest BCUT2D eigenvalue weighted by Gasteiger charge is -2.46. The number of carbonyl (C=O) groups excluding carboxylic acids is 1. The minimum atomic E-state index is -1.09. The van der Waals surface area contributed by atoms with Crippen LogP contribution in [-0.4, -0.2) is 68.0 Å². The number of methoxy groups -OCH3 is 2. The molecule has 1 saturated heterocycles. The molecule has 0 saturated carbocycles. The number of halogens is 1. The van der Waals surface area contributed by atoms with Gasteiger partial charge in [0.1, 0.15) is 0 Å². The summed E-state index contributed by atoms with van der Waals surface area (Å²) < 4.78 is 11.5. The third-order valence-corrected chi connectivity index (χ3v) is 6.72. The van der Waals surface area contributed by atoms with Gasteiger partial charge in [0.2, 0.25) is 11.8 Å². The second kappa shape index (κ2) is 11.1. The van der Waals surface area contributed by atoms with Crippen molar-refractivity contribution in [2.75, 3.05) is 45.7 Å². The maximum absolute atomic E-state index is 13.8. The monoisotopic (exact) mass is 506 g/mol. The SMILES string of the molecule is COC1=NC(OC)(N2CCN(C(=O)C(c3ccccc3)c3ccccc3)CC2)Nc2ccccc21.Cl. The molecule has 8 heteroatoms. The van der Waals surface area contributed by atoms with Gasteiger partial charge in [-0.15, -0.1) is 12.4 Å². The Labute approximate surface area is 218 Å². The summed E-state index contributed by atoms with van der Waals surface area (Å²) in [6, 6.07) is 27.9. The normalized spacial score (nSPS) is 19.5. The van der Waals surface area contributed by atoms with Gasteiger partial charge in [-0.05, 0) is 23.3 Å². The topological polar surface area (TPSA) is 66.4 Å². The van der Waals surface area contributed by atoms with E-state index < -0.39 is 5.97 Å². The summed E-state index contributed by atoms with van der Waals surface area (Å²) in [4.78, 5) is 22.7. The highest BCUT2D eigenvalue weighted by Crippen LogP contribution is 2.33. The van der Waals surface area contributed by atoms with E-state index in [1.165, 1.54) is 0 Å². The molecule has 1 atom stereocenters. The summed E-state index contributed by atoms with van der Waals surface area (Å²) in [5.74, 6) is -0.796. The van der Waals surface area contributed by atoms with Crippen LogP contribution in [0.5, 0.6) is 0 Å². The number of nitrogens with one attached hydrogen (secondary N) is 1. The first-order valence-electron chi connectivity index (χ1n) is 11.9. The number of amides is 1. The van der Waals surface area contributed by atoms with E-state index in [0.29, 0.717) is 32.1 Å². The van der Waals surface area contributed by atoms with Crippen molar-refractivity contribution in [1.82, 2.24) is 9.80 Å². The highest BCUT2D eigenvalue weighted by atomic mass is 35.5. The van der Waals surface area contributed by atoms with Crippen molar-refractivity contribution in [3.63, 3.8) is 0 Å². The van der Waals surface area contributed by atoms with Gasteiger partial charge in [0.05, 0.1) is 24.3 Å². The number of aliphatic imine (C=N–C) groups is 1. The lowest BCUT2D eigenvalue weighted by molar-refractivity contribution is -0.145. The first-order valence-corrected chi connectivity index (χ1v) is 11.9. The Morgan fingerprint density at radius 1 is 0.861 bits per heavy atom. The Bertz CT molecular complexity index is 1160. The van der Waals surface area contributed by atoms with E-state index in [4.69, 9.17) is 14.5 Å². The molecule has 188 valence electrons. The van der Waals surface area contributed by atoms with E-state index in [1.807, 2.05) is 89.8 Å². The van der Waals surface area contributed by atoms with Gasteiger partial charge in [-0.25, -0.2) is 4.90 Å². The van der Waals surface area contributed by atoms with E-state index in [2.05, 4.69) is 10.2 Å². The predicted molar refractivity (Wildman–Crippen MR) is 143 cm³/mol. The third-order valence-electron chi connectivity index (χ3n) is 6.72. The first-order chi connectivity index (χ1) is 17.1. The minimum Gasteiger partial charge on any atom is -0.481 e. The molecule has 5 rings (SSSR count). The highest BCUT2D eigenvalue weighted by molar-refractivity contribution is 6.01. The van der Waals surface area contributed by atoms with Crippen molar-refractivity contribution < 1.29 is 14.3 Å². The molecule has 1 amide bonds. The highest BCUT2D eigenvalue weighted by Gasteiger charge is 2.44. The van der Waals surface area contributed by atoms with Gasteiger partial charge < -0.3 is 19.7 Å². The molecular weight excluding hydrogens is 476 g/mol. The fourth-order valence-corrected chi connectivity index (χ4v) is 4.89. The standard InChI is InChI=1S/C28H30N4O3.ClH/c1-34-26-23-15-9-10-16-24(23)29-28(30-26,35-2)32-19-17-31(18-20-32)27(33)25(21-11-5-3-6-12-21)22-13-7-4-8-14-22;/h3-16,25,29H,17-20H2,1-2H3;1H. The van der Waals surface area contributed by atoms with Crippen LogP contribution in [0.4, 0.5) is 5.69 Å². The smallest absolute Gasteiger partial charge is 0.305 e. The van der Waals surface area contributed by atoms with Gasteiger partial charge >= 0.3 is 5.97 Å². The molecular formula is C28H31ClN4O3. The zero-order chi connectivity index (χ0) is 24.3. The Kier molecular flexibility index (Phi) is 7.94. The van der Waals surface area contributed by atoms with Crippen LogP contribution in [0.15, 0.2) is 89.9 Å². The number of anilines is 1. The molecule has 1 fully saturated rings. The second-order valence-corrected chi connectivity index (χ2v) is 8.67. The largest absolute Gasteiger partial charge is 0.481 e. The van der Waals surface area contributed by atoms with Crippen LogP contribution < -0.4 is 5.32 Å². The van der Waals surface area contributed by atoms with Crippen molar-refractivity contribution in [2.45, 2.75) is 11.9 Å². The molecule has 1 unspecified atom stereocenters. The average molecular weight is 507 g/mol. The van der Waals surface area contributed by atoms with Crippen molar-refractivity contribution in [3.8, 4) is 0 Å². The number of nitrogens with zero attached hydrogens (tertiary/aromatic N) is 3. The molecule has 0 spiro atoms. The molecule has 0 bridgehead atoms. The zero-order valence-electron chi connectivity index (χ0n) is 20.5. The second-order valence-electron chi connectivity index (χ2n) is 8.67. The van der Waals surface area contributed by atoms with E-state index in [0.717, 1.165) is 22.4 Å². The van der Waals surface area contributed by atoms with Gasteiger partial charge in [-0.2, -0.15) is 4.99 Å². The Morgan fingerprint density at radius 2 is 1.42 bits per heavy atom. The fraction of sp³-hybridized carbons (Fsp3) is 0.286. The Balaban J connectivity index is 0.00000304. The third kappa shape index (κ3) is 4.82. The Hall–Kier alpha value is -3.39. The molecule has 0 aromatic heterocycles. The summed E-state index contributed by atoms with van der Waals surface area (Å²) in [7, 11) is 3.25. The van der Waals surface area contributed by atoms with Crippen LogP contribution in [0.3, 0.4) is 0 Å². The van der Waals surface area contributed by atoms with Crippen LogP contribution in [0.1, 0.15) is 22.6 Å². The molecule has 3 aromatic carbocycles. The van der Waals surface area contributed by atoms with Crippen LogP contribution >= 0.6 is 12.4 Å². The number of hydrogen-bond acceptors (Lipinski definition) is 6. The number of rotatable bonds is 5. The molecule has 1 N–H and O–H groups in total. The fourth-order valence-electron chi connectivity index (χ4n) is 4.89. The average Bonchev–Trinajstić information content (AvgIpc) is 2.93. The van der Waals surface area contributed by atoms with Crippen molar-refractivity contribution >= 4 is 29.9 Å². The van der Waals surface area contributed by atoms with E-state index >= 15 is 0 Å². The predicted octanol–water partition coefficient (Wildman–Crippen LogP) is 4.16. The van der Waals surface area contributed by atoms with Crippen LogP contribution in [0.25, 0.3) is 0 Å². The summed E-state index contributed by atoms with van der Waals surface area (Å²) >= 11 is 0. The molecule has 2 aliphatic rings. The first kappa shape index (κ1) is 25.7. The number of ether oxygens (including phenoxy) is 2. The number of carbonyl (C=O) groups is 1. The molecule has 7 nitrogen and oxygen atoms in total. The molecule has 36 heavy (non-hydrogen) atoms. The van der Waals surface area contributed by atoms with Crippen LogP contribution in [0.2, 0.25) is 0 Å². The molecule has 2 aliphatic heterocycles. The minimum absolute atomic E-state index is 0. The summed E-state index contributed by atoms with van der Waals surface area (Å²) in [5.41, 5.74) is 3.79. The van der Waals surface area contributed by atoms with Crippen LogP contribution in [0, 0.1) is 0 Å². The van der Waals surface area contributed by atoms with E-state index in [9.17, 15) is 4.79 Å². The van der Waals surface area contributed by atoms with Gasteiger partial charge in [0.15, 0.2) is 0 Å². The van der Waals surface area contributed by atoms with Gasteiger partial charge in [-0.3, -0.25) is 4.79 Å². The summed E-state index contributed by atoms with van der Waals surface area (Å²) in [6.45, 7) is 2.35. The molecule has 0 radical (unpaired) electrons. The number of piperazine rings is 1. The zero-order valence-corrected chi connectivity index (χ0v) is 21.3. The van der Waals surface area contributed by atoms with Gasteiger partial charge in [0, 0.05) is 33.3 Å². The number of hydrogen-bond donors (Lipinski definition) is 1. The van der Waals surface area contributed by atoms with Crippen molar-refractivity contribution in [3.05, 3.63) is 102 Å². The summed E-state index contributed by atoms with van der Waals surface area (Å²) in [5, 5.41) is 3.45. The molecule has 3 aromatic rings. The van der Waals surface area contributed by atoms with Crippen molar-refractivity contribution in [1.29, 1.82) is 0 Å². The quantitative estimate of drug-likeness (QED) is 0.563. The van der Waals surface area contributed by atoms with Crippen molar-refractivity contribution in [2.24, 2.45) is 4.99 Å². The maximum Gasteiger partial charge on any atom is 0.305 e. The van der Waals surface area contributed by atoms with Gasteiger partial charge in [-0.1, -0.05) is 72.8 Å².